The second kappa shape index (κ2) is 54.4. The summed E-state index contributed by atoms with van der Waals surface area (Å²) in [6, 6.07) is 18.6. The van der Waals surface area contributed by atoms with Gasteiger partial charge < -0.3 is 25.2 Å². The summed E-state index contributed by atoms with van der Waals surface area (Å²) in [5, 5.41) is 58.2. The van der Waals surface area contributed by atoms with Crippen LogP contribution in [0.3, 0.4) is 0 Å². The standard InChI is InChI=1S/C28H44O.C21H32O3S.C20H30O4S.C17H29N.C17H30O.C15H25N.C13H24O2.CH2Cl2/c1-19(2)20(3)9-10-22(5)26-15-16-27-23(8-7-17-28(26,27)6)12-13-24-18-25(29)14-11-21(24)4;1-15-7-9-18(10-8-15)25(22,23)24-14-17(3)20-12-11-19-16(2)6-5-13-21(19,20)4;1-14-6-8-16(9-7-14)25(22,23)24-13-15(2)17-10-11-18-19(21)5-4-12-20(17,18)3;2*1-12-7-6-10-17(5)14(12)8-9-15(17)13(2)16(3,4)11-18;1-11-5-4-9-15(3)13(11)6-7-14(15)12(2)8-10-16;1-9(8-14)10-5-6-11-12(15)4-3-7-13(10,11)2;2-1-3/h9-10,12-13,19-20,22,25-27,29H,4,7-8,11,14-18H2,1-3,5-6H3;7-10,16-17,19-20H,5-6,11-14H2,1-4H3;6-9,15,17-19,21H,4-5,10-13H2,1-3H3;12-15H,6-10H2,1-5H3;11-15H,6-10H2,1-5H3;11-14H,4-9H2,1-3H3;9-12,14-15H,3-8H2,1-2H3;1H2/b10-9+,23-12+,24-13-;;;;;;;/t20-,22+,25-,26?,27?,28+;16-,17+,19?,20?,21-;15-,17?,18?,19+,20-;2*12-,13-,14?,15?,17-;11-,12+,13?,14?,15-;9-,10?,11?,12+,13-;/m0010001./s1. The monoisotopic (exact) mass is 2140 g/mol. The predicted molar refractivity (Wildman–Crippen MR) is 620 cm³/mol. The molecule has 0 spiro atoms. The van der Waals surface area contributed by atoms with Gasteiger partial charge in [-0.3, -0.25) is 8.37 Å². The number of nitriles is 2. The van der Waals surface area contributed by atoms with Gasteiger partial charge in [-0.15, -0.1) is 23.2 Å². The Morgan fingerprint density at radius 1 is 0.443 bits per heavy atom. The number of carbonyl (C=O) groups excluding carboxylic acids is 1. The summed E-state index contributed by atoms with van der Waals surface area (Å²) in [4.78, 5) is 11.8. The molecule has 0 aliphatic heterocycles. The topological polar surface area (TPSA) is 232 Å². The minimum Gasteiger partial charge on any atom is -0.396 e. The van der Waals surface area contributed by atoms with E-state index >= 15 is 0 Å². The number of carbonyl (C=O) groups is 1. The van der Waals surface area contributed by atoms with Crippen molar-refractivity contribution in [1.29, 1.82) is 10.5 Å². The summed E-state index contributed by atoms with van der Waals surface area (Å²) >= 11 is 9.53. The first kappa shape index (κ1) is 127. The smallest absolute Gasteiger partial charge is 0.296 e. The number of hydrogen-bond donors (Lipinski definition) is 4. The fraction of sp³-hybridized carbons (Fsp3) is 0.826. The van der Waals surface area contributed by atoms with Crippen LogP contribution < -0.4 is 0 Å². The highest BCUT2D eigenvalue weighted by Gasteiger charge is 2.60. The van der Waals surface area contributed by atoms with Gasteiger partial charge in [0.15, 0.2) is 0 Å². The largest absolute Gasteiger partial charge is 0.396 e. The first-order chi connectivity index (χ1) is 69.9. The fourth-order valence-corrected chi connectivity index (χ4v) is 38.2. The van der Waals surface area contributed by atoms with Gasteiger partial charge in [-0.2, -0.15) is 27.4 Å². The van der Waals surface area contributed by atoms with Crippen molar-refractivity contribution in [3.63, 3.8) is 0 Å². The number of rotatable bonds is 24. The van der Waals surface area contributed by atoms with Crippen LogP contribution in [0.2, 0.25) is 0 Å². The Bertz CT molecular complexity index is 4830. The summed E-state index contributed by atoms with van der Waals surface area (Å²) in [6.07, 6.45) is 58.6. The van der Waals surface area contributed by atoms with Crippen LogP contribution in [-0.2, 0) is 33.4 Å². The van der Waals surface area contributed by atoms with Crippen molar-refractivity contribution in [3.8, 4) is 12.1 Å². The number of alkyl halides is 2. The Labute approximate surface area is 922 Å². The molecule has 15 fully saturated rings. The third-order valence-corrected chi connectivity index (χ3v) is 48.9. The second-order valence-electron chi connectivity index (χ2n) is 56.1. The van der Waals surface area contributed by atoms with Gasteiger partial charge in [0.1, 0.15) is 6.29 Å². The van der Waals surface area contributed by atoms with Gasteiger partial charge in [0.25, 0.3) is 20.2 Å². The summed E-state index contributed by atoms with van der Waals surface area (Å²) in [7, 11) is -7.37. The molecular weight excluding hydrogens is 1920 g/mol. The van der Waals surface area contributed by atoms with Crippen LogP contribution in [0.15, 0.2) is 106 Å². The lowest BCUT2D eigenvalue weighted by Crippen LogP contribution is -2.42. The summed E-state index contributed by atoms with van der Waals surface area (Å²) in [6.45, 7) is 67.1. The molecule has 17 rings (SSSR count). The third-order valence-electron chi connectivity index (χ3n) is 46.3. The highest BCUT2D eigenvalue weighted by atomic mass is 35.5. The third kappa shape index (κ3) is 29.6. The van der Waals surface area contributed by atoms with E-state index in [0.717, 1.165) is 171 Å². The number of aryl methyl sites for hydroxylation is 2. The quantitative estimate of drug-likeness (QED) is 0.0332. The first-order valence-corrected chi connectivity index (χ1v) is 64.5. The van der Waals surface area contributed by atoms with Crippen molar-refractivity contribution >= 4 is 49.7 Å². The Balaban J connectivity index is 0.000000179. The summed E-state index contributed by atoms with van der Waals surface area (Å²) in [5.74, 6) is 17.8. The van der Waals surface area contributed by atoms with Crippen molar-refractivity contribution < 1.29 is 50.4 Å². The molecule has 2 aromatic carbocycles. The lowest BCUT2D eigenvalue weighted by Gasteiger charge is -2.48. The van der Waals surface area contributed by atoms with E-state index in [4.69, 9.17) is 36.8 Å². The minimum atomic E-state index is -3.71. The van der Waals surface area contributed by atoms with E-state index in [0.29, 0.717) is 104 Å². The normalized spacial score (nSPS) is 38.7. The van der Waals surface area contributed by atoms with E-state index in [1.807, 2.05) is 26.0 Å². The zero-order valence-corrected chi connectivity index (χ0v) is 102. The van der Waals surface area contributed by atoms with Gasteiger partial charge in [-0.05, 0) is 435 Å². The van der Waals surface area contributed by atoms with Gasteiger partial charge in [0, 0.05) is 18.4 Å². The second-order valence-corrected chi connectivity index (χ2v) is 60.1. The van der Waals surface area contributed by atoms with Gasteiger partial charge in [0.05, 0.1) is 64.2 Å². The molecule has 17 heteroatoms. The number of benzene rings is 2. The van der Waals surface area contributed by atoms with E-state index in [2.05, 4.69) is 216 Å². The highest BCUT2D eigenvalue weighted by Crippen LogP contribution is 2.68. The number of aliphatic hydroxyl groups excluding tert-OH is 4. The average molecular weight is 2140 g/mol. The molecule has 15 saturated carbocycles. The number of nitrogens with zero attached hydrogens (tertiary/aromatic N) is 2. The molecule has 4 N–H and O–H groups in total. The number of hydrogen-bond acceptors (Lipinski definition) is 13. The van der Waals surface area contributed by atoms with E-state index in [1.54, 1.807) is 42.0 Å². The molecule has 0 heterocycles. The van der Waals surface area contributed by atoms with Crippen molar-refractivity contribution in [2.45, 2.75) is 465 Å². The van der Waals surface area contributed by atoms with Crippen LogP contribution >= 0.6 is 23.2 Å². The minimum absolute atomic E-state index is 0.0837. The van der Waals surface area contributed by atoms with Gasteiger partial charge in [0.2, 0.25) is 0 Å². The molecule has 0 amide bonds. The summed E-state index contributed by atoms with van der Waals surface area (Å²) < 4.78 is 60.6. The number of fused-ring (bicyclic) bond motifs is 7. The molecule has 13 nitrogen and oxygen atoms in total. The maximum Gasteiger partial charge on any atom is 0.296 e. The molecule has 15 aliphatic rings. The Morgan fingerprint density at radius 2 is 0.792 bits per heavy atom. The molecule has 36 atom stereocenters. The Kier molecular flexibility index (Phi) is 46.4. The molecule has 15 aliphatic carbocycles. The lowest BCUT2D eigenvalue weighted by atomic mass is 9.57. The molecule has 0 radical (unpaired) electrons. The van der Waals surface area contributed by atoms with Crippen LogP contribution in [0.4, 0.5) is 0 Å². The van der Waals surface area contributed by atoms with Crippen LogP contribution in [-0.4, -0.2) is 87.0 Å². The van der Waals surface area contributed by atoms with Crippen molar-refractivity contribution in [2.75, 3.05) is 25.2 Å². The fourth-order valence-electron chi connectivity index (χ4n) is 36.2. The number of allylic oxidation sites excluding steroid dienone is 6. The van der Waals surface area contributed by atoms with Crippen LogP contribution in [0.1, 0.15) is 435 Å². The Morgan fingerprint density at radius 3 is 1.17 bits per heavy atom. The van der Waals surface area contributed by atoms with Crippen LogP contribution in [0, 0.1) is 245 Å². The van der Waals surface area contributed by atoms with Gasteiger partial charge in [-0.1, -0.05) is 301 Å². The van der Waals surface area contributed by atoms with Crippen LogP contribution in [0.25, 0.3) is 0 Å². The molecular formula is C132H216Cl2N2O11S2. The highest BCUT2D eigenvalue weighted by molar-refractivity contribution is 7.87. The molecule has 2 aromatic rings. The SMILES string of the molecule is C=C1CC[C@H](O)C/C1=C/C=C1\CCC[C@@]2(C)C1CCC2[C@H](C)/C=C/[C@H](C)C(C)C.C[C@H](CC#N)C1CCC2[C@@H](C)CCC[C@]12C.C[C@H](CO)C1CCC2[C@@H](O)CCC[C@]12C.C[C@H]1CCC[C@@]2(C)C1CCC2[C@H](C)C(C)(C)C#N.C[C@H]1CCC[C@@]2(C)C1CCC2[C@H](C)C(C)(C)C=O.Cc1ccc(S(=O)(=O)OC[C@@H](C)C2CCC3[C@@H](C)CCC[C@]23C)cc1.Cc1ccc(S(=O)(=O)OC[C@@H](C)C2CCC3[C@@H](O)CCC[C@]23C)cc1.ClCCl. The zero-order chi connectivity index (χ0) is 110. The van der Waals surface area contributed by atoms with Gasteiger partial charge >= 0.3 is 0 Å². The molecule has 0 aromatic heterocycles. The zero-order valence-electron chi connectivity index (χ0n) is 99.1. The first-order valence-electron chi connectivity index (χ1n) is 60.7. The number of halogens is 2. The number of aldehydes is 1. The Hall–Kier alpha value is -3.71. The average Bonchev–Trinajstić information content (AvgIpc) is 1.62. The summed E-state index contributed by atoms with van der Waals surface area (Å²) in [5.41, 5.74) is 8.64. The molecule has 149 heavy (non-hydrogen) atoms. The van der Waals surface area contributed by atoms with Crippen molar-refractivity contribution in [3.05, 3.63) is 107 Å². The molecule has 0 saturated heterocycles. The van der Waals surface area contributed by atoms with E-state index in [-0.39, 0.29) is 74.7 Å². The van der Waals surface area contributed by atoms with Crippen LogP contribution in [0.5, 0.6) is 0 Å². The molecule has 14 unspecified atom stereocenters. The molecule has 846 valence electrons. The lowest BCUT2D eigenvalue weighted by molar-refractivity contribution is -0.119. The maximum atomic E-state index is 12.5. The van der Waals surface area contributed by atoms with Crippen molar-refractivity contribution in [2.24, 2.45) is 209 Å². The van der Waals surface area contributed by atoms with E-state index < -0.39 is 20.2 Å². The molecule has 0 bridgehead atoms. The van der Waals surface area contributed by atoms with Crippen molar-refractivity contribution in [1.82, 2.24) is 0 Å². The number of aliphatic hydroxyl groups is 4. The van der Waals surface area contributed by atoms with E-state index in [1.165, 1.54) is 191 Å². The predicted octanol–water partition coefficient (Wildman–Crippen LogP) is 34.5. The maximum absolute atomic E-state index is 12.5. The van der Waals surface area contributed by atoms with Gasteiger partial charge in [-0.25, -0.2) is 0 Å². The van der Waals surface area contributed by atoms with E-state index in [9.17, 15) is 47.3 Å².